The van der Waals surface area contributed by atoms with E-state index in [2.05, 4.69) is 52.0 Å². The van der Waals surface area contributed by atoms with Crippen molar-refractivity contribution < 1.29 is 5.11 Å². The molecular formula is C15H24O. The Morgan fingerprint density at radius 1 is 1.00 bits per heavy atom. The Balaban J connectivity index is 2.87. The molecule has 0 aliphatic rings. The Morgan fingerprint density at radius 3 is 1.94 bits per heavy atom. The molecule has 0 bridgehead atoms. The molecule has 1 aromatic carbocycles. The van der Waals surface area contributed by atoms with E-state index in [-0.39, 0.29) is 11.5 Å². The van der Waals surface area contributed by atoms with Gasteiger partial charge in [-0.05, 0) is 29.7 Å². The predicted molar refractivity (Wildman–Crippen MR) is 69.5 cm³/mol. The van der Waals surface area contributed by atoms with E-state index in [1.807, 2.05) is 13.0 Å². The SMILES string of the molecule is CC(O)C(C)(C)C(C)[C@@H](C)c1ccccc1. The van der Waals surface area contributed by atoms with Gasteiger partial charge in [-0.15, -0.1) is 0 Å². The van der Waals surface area contributed by atoms with Crippen molar-refractivity contribution in [2.24, 2.45) is 11.3 Å². The van der Waals surface area contributed by atoms with Gasteiger partial charge in [0.25, 0.3) is 0 Å². The summed E-state index contributed by atoms with van der Waals surface area (Å²) in [6.45, 7) is 10.6. The fourth-order valence-electron chi connectivity index (χ4n) is 2.07. The highest BCUT2D eigenvalue weighted by molar-refractivity contribution is 5.20. The molecule has 1 rings (SSSR count). The number of aliphatic hydroxyl groups is 1. The monoisotopic (exact) mass is 220 g/mol. The first-order valence-electron chi connectivity index (χ1n) is 6.10. The van der Waals surface area contributed by atoms with E-state index in [1.54, 1.807) is 0 Å². The van der Waals surface area contributed by atoms with Crippen LogP contribution in [0.3, 0.4) is 0 Å². The smallest absolute Gasteiger partial charge is 0.0565 e. The third-order valence-electron chi connectivity index (χ3n) is 4.33. The normalized spacial score (nSPS) is 17.9. The van der Waals surface area contributed by atoms with E-state index in [0.717, 1.165) is 0 Å². The summed E-state index contributed by atoms with van der Waals surface area (Å²) in [4.78, 5) is 0. The van der Waals surface area contributed by atoms with E-state index in [4.69, 9.17) is 0 Å². The molecule has 0 aliphatic heterocycles. The van der Waals surface area contributed by atoms with Crippen LogP contribution in [0.4, 0.5) is 0 Å². The van der Waals surface area contributed by atoms with Gasteiger partial charge in [0, 0.05) is 0 Å². The molecule has 0 saturated carbocycles. The van der Waals surface area contributed by atoms with Gasteiger partial charge >= 0.3 is 0 Å². The van der Waals surface area contributed by atoms with Gasteiger partial charge in [-0.3, -0.25) is 0 Å². The molecule has 0 fully saturated rings. The predicted octanol–water partition coefficient (Wildman–Crippen LogP) is 3.83. The topological polar surface area (TPSA) is 20.2 Å². The van der Waals surface area contributed by atoms with Crippen LogP contribution < -0.4 is 0 Å². The molecule has 0 spiro atoms. The minimum Gasteiger partial charge on any atom is -0.393 e. The third-order valence-corrected chi connectivity index (χ3v) is 4.33. The molecular weight excluding hydrogens is 196 g/mol. The second-order valence-electron chi connectivity index (χ2n) is 5.49. The second kappa shape index (κ2) is 5.01. The highest BCUT2D eigenvalue weighted by Gasteiger charge is 2.34. The minimum absolute atomic E-state index is 0.0603. The summed E-state index contributed by atoms with van der Waals surface area (Å²) in [6, 6.07) is 10.5. The first kappa shape index (κ1) is 13.2. The largest absolute Gasteiger partial charge is 0.393 e. The van der Waals surface area contributed by atoms with E-state index in [9.17, 15) is 5.11 Å². The first-order chi connectivity index (χ1) is 7.37. The fourth-order valence-corrected chi connectivity index (χ4v) is 2.07. The first-order valence-corrected chi connectivity index (χ1v) is 6.10. The van der Waals surface area contributed by atoms with Gasteiger partial charge in [-0.1, -0.05) is 58.0 Å². The van der Waals surface area contributed by atoms with Crippen LogP contribution >= 0.6 is 0 Å². The molecule has 0 aliphatic carbocycles. The Kier molecular flexibility index (Phi) is 4.15. The van der Waals surface area contributed by atoms with E-state index in [1.165, 1.54) is 5.56 Å². The summed E-state index contributed by atoms with van der Waals surface area (Å²) in [5.74, 6) is 0.903. The Morgan fingerprint density at radius 2 is 1.50 bits per heavy atom. The van der Waals surface area contributed by atoms with Crippen LogP contribution in [0.2, 0.25) is 0 Å². The second-order valence-corrected chi connectivity index (χ2v) is 5.49. The lowest BCUT2D eigenvalue weighted by molar-refractivity contribution is 0.0177. The van der Waals surface area contributed by atoms with Crippen LogP contribution in [0.1, 0.15) is 46.1 Å². The zero-order chi connectivity index (χ0) is 12.3. The highest BCUT2D eigenvalue weighted by atomic mass is 16.3. The Labute approximate surface area is 99.5 Å². The molecule has 0 aromatic heterocycles. The maximum Gasteiger partial charge on any atom is 0.0565 e. The summed E-state index contributed by atoms with van der Waals surface area (Å²) in [6.07, 6.45) is -0.284. The molecule has 3 atom stereocenters. The van der Waals surface area contributed by atoms with Gasteiger partial charge in [0.1, 0.15) is 0 Å². The van der Waals surface area contributed by atoms with Gasteiger partial charge in [0.15, 0.2) is 0 Å². The molecule has 90 valence electrons. The summed E-state index contributed by atoms with van der Waals surface area (Å²) in [5, 5.41) is 9.85. The maximum absolute atomic E-state index is 9.85. The molecule has 16 heavy (non-hydrogen) atoms. The van der Waals surface area contributed by atoms with Crippen LogP contribution in [0.15, 0.2) is 30.3 Å². The number of rotatable bonds is 4. The van der Waals surface area contributed by atoms with Crippen LogP contribution in [-0.2, 0) is 0 Å². The lowest BCUT2D eigenvalue weighted by Gasteiger charge is -2.38. The van der Waals surface area contributed by atoms with Crippen molar-refractivity contribution in [3.05, 3.63) is 35.9 Å². The van der Waals surface area contributed by atoms with E-state index in [0.29, 0.717) is 11.8 Å². The van der Waals surface area contributed by atoms with Crippen LogP contribution in [0, 0.1) is 11.3 Å². The molecule has 0 heterocycles. The average molecular weight is 220 g/mol. The van der Waals surface area contributed by atoms with Gasteiger partial charge in [-0.2, -0.15) is 0 Å². The van der Waals surface area contributed by atoms with Crippen molar-refractivity contribution in [1.82, 2.24) is 0 Å². The molecule has 2 unspecified atom stereocenters. The third kappa shape index (κ3) is 2.65. The number of aliphatic hydroxyl groups excluding tert-OH is 1. The van der Waals surface area contributed by atoms with Crippen molar-refractivity contribution in [3.63, 3.8) is 0 Å². The lowest BCUT2D eigenvalue weighted by atomic mass is 9.69. The molecule has 0 amide bonds. The molecule has 0 saturated heterocycles. The van der Waals surface area contributed by atoms with Gasteiger partial charge in [0.05, 0.1) is 6.10 Å². The van der Waals surface area contributed by atoms with Crippen LogP contribution in [0.5, 0.6) is 0 Å². The van der Waals surface area contributed by atoms with Crippen molar-refractivity contribution in [2.75, 3.05) is 0 Å². The van der Waals surface area contributed by atoms with Crippen LogP contribution in [0.25, 0.3) is 0 Å². The van der Waals surface area contributed by atoms with Gasteiger partial charge in [-0.25, -0.2) is 0 Å². The highest BCUT2D eigenvalue weighted by Crippen LogP contribution is 2.39. The zero-order valence-electron chi connectivity index (χ0n) is 11.1. The number of hydrogen-bond acceptors (Lipinski definition) is 1. The minimum atomic E-state index is -0.284. The molecule has 1 nitrogen and oxygen atoms in total. The van der Waals surface area contributed by atoms with Crippen molar-refractivity contribution >= 4 is 0 Å². The lowest BCUT2D eigenvalue weighted by Crippen LogP contribution is -2.35. The summed E-state index contributed by atoms with van der Waals surface area (Å²) in [5.41, 5.74) is 1.29. The zero-order valence-corrected chi connectivity index (χ0v) is 11.1. The standard InChI is InChI=1S/C15H24O/c1-11(14-9-7-6-8-10-14)12(2)15(4,5)13(3)16/h6-13,16H,1-5H3/t11-,12?,13?/m1/s1. The Bertz CT molecular complexity index is 313. The summed E-state index contributed by atoms with van der Waals surface area (Å²) in [7, 11) is 0. The molecule has 1 aromatic rings. The quantitative estimate of drug-likeness (QED) is 0.817. The molecule has 1 N–H and O–H groups in total. The molecule has 0 radical (unpaired) electrons. The van der Waals surface area contributed by atoms with Crippen LogP contribution in [-0.4, -0.2) is 11.2 Å². The van der Waals surface area contributed by atoms with Gasteiger partial charge < -0.3 is 5.11 Å². The fraction of sp³-hybridized carbons (Fsp3) is 0.600. The summed E-state index contributed by atoms with van der Waals surface area (Å²) >= 11 is 0. The maximum atomic E-state index is 9.85. The van der Waals surface area contributed by atoms with E-state index < -0.39 is 0 Å². The van der Waals surface area contributed by atoms with Gasteiger partial charge in [0.2, 0.25) is 0 Å². The van der Waals surface area contributed by atoms with E-state index >= 15 is 0 Å². The Hall–Kier alpha value is -0.820. The number of hydrogen-bond donors (Lipinski definition) is 1. The number of benzene rings is 1. The van der Waals surface area contributed by atoms with Crippen molar-refractivity contribution in [3.8, 4) is 0 Å². The van der Waals surface area contributed by atoms with Crippen molar-refractivity contribution in [2.45, 2.75) is 46.6 Å². The molecule has 1 heteroatoms. The summed E-state index contributed by atoms with van der Waals surface area (Å²) < 4.78 is 0. The van der Waals surface area contributed by atoms with Crippen molar-refractivity contribution in [1.29, 1.82) is 0 Å². The average Bonchev–Trinajstić information content (AvgIpc) is 2.28.